The molecule has 4 heterocycles. The molecule has 0 radical (unpaired) electrons. The summed E-state index contributed by atoms with van der Waals surface area (Å²) >= 11 is 0. The molecule has 1 N–H and O–H groups in total. The Bertz CT molecular complexity index is 1300. The number of hydrogen-bond acceptors (Lipinski definition) is 10. The Hall–Kier alpha value is -3.05. The lowest BCUT2D eigenvalue weighted by Crippen LogP contribution is -2.46. The van der Waals surface area contributed by atoms with E-state index in [9.17, 15) is 0 Å². The number of nitrogens with one attached hydrogen (secondary N) is 1. The minimum absolute atomic E-state index is 0.114. The van der Waals surface area contributed by atoms with E-state index in [4.69, 9.17) is 29.2 Å². The molecule has 0 amide bonds. The average Bonchev–Trinajstić information content (AvgIpc) is 3.01. The van der Waals surface area contributed by atoms with E-state index in [1.54, 1.807) is 7.11 Å². The van der Waals surface area contributed by atoms with Gasteiger partial charge in [0.15, 0.2) is 5.65 Å². The second kappa shape index (κ2) is 14.4. The van der Waals surface area contributed by atoms with Crippen molar-refractivity contribution < 1.29 is 14.2 Å². The van der Waals surface area contributed by atoms with E-state index < -0.39 is 0 Å². The van der Waals surface area contributed by atoms with Gasteiger partial charge in [0.05, 0.1) is 43.6 Å². The van der Waals surface area contributed by atoms with Gasteiger partial charge in [0, 0.05) is 43.9 Å². The standard InChI is InChI=1S/C32H47N7O3/c1-6-37(7-2)14-8-13-33-20-26-19-25(9-12-29(26)40-5)28-11-10-27-30(34-28)35-32(39-21-23(3)42-24(4)22-39)36-31(27)38-15-17-41-18-16-38/h9-12,19,23-24,33H,6-8,13-18,20-22H2,1-5H3/t23-,24+. The van der Waals surface area contributed by atoms with Gasteiger partial charge in [-0.15, -0.1) is 0 Å². The van der Waals surface area contributed by atoms with Gasteiger partial charge >= 0.3 is 0 Å². The SMILES string of the molecule is CCN(CC)CCCNCc1cc(-c2ccc3c(N4CCOCC4)nc(N4C[C@@H](C)O[C@@H](C)C4)nc3n2)ccc1OC. The molecule has 2 aliphatic heterocycles. The summed E-state index contributed by atoms with van der Waals surface area (Å²) in [6, 6.07) is 10.5. The Labute approximate surface area is 250 Å². The molecule has 228 valence electrons. The third kappa shape index (κ3) is 7.29. The summed E-state index contributed by atoms with van der Waals surface area (Å²) in [7, 11) is 1.73. The van der Waals surface area contributed by atoms with E-state index in [0.717, 1.165) is 99.1 Å². The lowest BCUT2D eigenvalue weighted by Gasteiger charge is -2.36. The fraction of sp³-hybridized carbons (Fsp3) is 0.594. The van der Waals surface area contributed by atoms with E-state index in [2.05, 4.69) is 72.0 Å². The van der Waals surface area contributed by atoms with Crippen LogP contribution in [0, 0.1) is 0 Å². The molecule has 10 nitrogen and oxygen atoms in total. The number of ether oxygens (including phenoxy) is 3. The van der Waals surface area contributed by atoms with Crippen molar-refractivity contribution in [2.75, 3.05) is 82.5 Å². The highest BCUT2D eigenvalue weighted by atomic mass is 16.5. The quantitative estimate of drug-likeness (QED) is 0.319. The summed E-state index contributed by atoms with van der Waals surface area (Å²) in [5, 5.41) is 4.56. The van der Waals surface area contributed by atoms with E-state index in [1.807, 2.05) is 6.07 Å². The van der Waals surface area contributed by atoms with Gasteiger partial charge in [-0.2, -0.15) is 9.97 Å². The van der Waals surface area contributed by atoms with E-state index in [0.29, 0.717) is 24.8 Å². The Balaban J connectivity index is 1.42. The van der Waals surface area contributed by atoms with Crippen LogP contribution in [0.4, 0.5) is 11.8 Å². The number of nitrogens with zero attached hydrogens (tertiary/aromatic N) is 6. The van der Waals surface area contributed by atoms with E-state index in [1.165, 1.54) is 0 Å². The summed E-state index contributed by atoms with van der Waals surface area (Å²) in [6.07, 6.45) is 1.34. The molecule has 2 aromatic heterocycles. The smallest absolute Gasteiger partial charge is 0.229 e. The number of rotatable bonds is 12. The monoisotopic (exact) mass is 577 g/mol. The zero-order valence-corrected chi connectivity index (χ0v) is 25.9. The number of morpholine rings is 2. The van der Waals surface area contributed by atoms with Gasteiger partial charge in [-0.3, -0.25) is 0 Å². The minimum atomic E-state index is 0.114. The average molecular weight is 578 g/mol. The molecule has 2 atom stereocenters. The van der Waals surface area contributed by atoms with Gasteiger partial charge in [0.1, 0.15) is 11.6 Å². The summed E-state index contributed by atoms with van der Waals surface area (Å²) in [5.41, 5.74) is 3.75. The first kappa shape index (κ1) is 30.4. The van der Waals surface area contributed by atoms with Crippen LogP contribution in [0.1, 0.15) is 39.7 Å². The molecular formula is C32H47N7O3. The maximum absolute atomic E-state index is 5.98. The molecule has 0 saturated carbocycles. The summed E-state index contributed by atoms with van der Waals surface area (Å²) in [5.74, 6) is 2.51. The van der Waals surface area contributed by atoms with Crippen molar-refractivity contribution in [3.05, 3.63) is 35.9 Å². The molecule has 5 rings (SSSR count). The van der Waals surface area contributed by atoms with Gasteiger partial charge in [0.2, 0.25) is 5.95 Å². The largest absolute Gasteiger partial charge is 0.496 e. The maximum atomic E-state index is 5.98. The Morgan fingerprint density at radius 2 is 1.74 bits per heavy atom. The highest BCUT2D eigenvalue weighted by molar-refractivity contribution is 5.90. The predicted molar refractivity (Wildman–Crippen MR) is 169 cm³/mol. The normalized spacial score (nSPS) is 19.6. The molecule has 2 fully saturated rings. The van der Waals surface area contributed by atoms with Crippen LogP contribution in [0.25, 0.3) is 22.3 Å². The molecule has 2 saturated heterocycles. The van der Waals surface area contributed by atoms with Crippen LogP contribution in [0.2, 0.25) is 0 Å². The van der Waals surface area contributed by atoms with Gasteiger partial charge < -0.3 is 34.2 Å². The topological polar surface area (TPSA) is 88.1 Å². The number of hydrogen-bond donors (Lipinski definition) is 1. The number of anilines is 2. The fourth-order valence-electron chi connectivity index (χ4n) is 5.91. The first-order valence-electron chi connectivity index (χ1n) is 15.5. The Kier molecular flexibility index (Phi) is 10.4. The number of methoxy groups -OCH3 is 1. The van der Waals surface area contributed by atoms with Gasteiger partial charge in [-0.1, -0.05) is 13.8 Å². The van der Waals surface area contributed by atoms with Gasteiger partial charge in [-0.05, 0) is 76.8 Å². The number of aromatic nitrogens is 3. The molecule has 0 bridgehead atoms. The molecule has 0 spiro atoms. The molecular weight excluding hydrogens is 530 g/mol. The number of fused-ring (bicyclic) bond motifs is 1. The zero-order valence-electron chi connectivity index (χ0n) is 25.9. The van der Waals surface area contributed by atoms with Crippen LogP contribution in [-0.4, -0.2) is 105 Å². The van der Waals surface area contributed by atoms with Crippen LogP contribution in [-0.2, 0) is 16.0 Å². The number of benzene rings is 1. The van der Waals surface area contributed by atoms with Crippen molar-refractivity contribution >= 4 is 22.8 Å². The second-order valence-corrected chi connectivity index (χ2v) is 11.3. The third-order valence-corrected chi connectivity index (χ3v) is 8.15. The van der Waals surface area contributed by atoms with E-state index >= 15 is 0 Å². The molecule has 2 aliphatic rings. The predicted octanol–water partition coefficient (Wildman–Crippen LogP) is 3.97. The highest BCUT2D eigenvalue weighted by Crippen LogP contribution is 2.31. The maximum Gasteiger partial charge on any atom is 0.229 e. The summed E-state index contributed by atoms with van der Waals surface area (Å²) < 4.78 is 17.3. The van der Waals surface area contributed by atoms with Crippen molar-refractivity contribution in [3.63, 3.8) is 0 Å². The van der Waals surface area contributed by atoms with Crippen molar-refractivity contribution in [3.8, 4) is 17.0 Å². The van der Waals surface area contributed by atoms with Crippen LogP contribution in [0.15, 0.2) is 30.3 Å². The highest BCUT2D eigenvalue weighted by Gasteiger charge is 2.27. The van der Waals surface area contributed by atoms with Crippen molar-refractivity contribution in [2.45, 2.75) is 52.9 Å². The third-order valence-electron chi connectivity index (χ3n) is 8.15. The fourth-order valence-corrected chi connectivity index (χ4v) is 5.91. The minimum Gasteiger partial charge on any atom is -0.496 e. The number of pyridine rings is 1. The molecule has 0 unspecified atom stereocenters. The van der Waals surface area contributed by atoms with Crippen molar-refractivity contribution in [2.24, 2.45) is 0 Å². The summed E-state index contributed by atoms with van der Waals surface area (Å²) in [4.78, 5) is 22.2. The molecule has 10 heteroatoms. The first-order valence-corrected chi connectivity index (χ1v) is 15.5. The lowest BCUT2D eigenvalue weighted by molar-refractivity contribution is -0.00570. The second-order valence-electron chi connectivity index (χ2n) is 11.3. The molecule has 0 aliphatic carbocycles. The lowest BCUT2D eigenvalue weighted by atomic mass is 10.1. The van der Waals surface area contributed by atoms with Crippen LogP contribution < -0.4 is 19.9 Å². The molecule has 3 aromatic rings. The van der Waals surface area contributed by atoms with Crippen molar-refractivity contribution in [1.82, 2.24) is 25.2 Å². The van der Waals surface area contributed by atoms with Gasteiger partial charge in [-0.25, -0.2) is 4.98 Å². The van der Waals surface area contributed by atoms with Crippen LogP contribution in [0.3, 0.4) is 0 Å². The Morgan fingerprint density at radius 3 is 2.45 bits per heavy atom. The van der Waals surface area contributed by atoms with Crippen LogP contribution >= 0.6 is 0 Å². The Morgan fingerprint density at radius 1 is 0.976 bits per heavy atom. The molecule has 1 aromatic carbocycles. The first-order chi connectivity index (χ1) is 20.5. The zero-order chi connectivity index (χ0) is 29.5. The van der Waals surface area contributed by atoms with E-state index in [-0.39, 0.29) is 12.2 Å². The van der Waals surface area contributed by atoms with Gasteiger partial charge in [0.25, 0.3) is 0 Å². The molecule has 42 heavy (non-hydrogen) atoms. The van der Waals surface area contributed by atoms with Crippen molar-refractivity contribution in [1.29, 1.82) is 0 Å². The summed E-state index contributed by atoms with van der Waals surface area (Å²) in [6.45, 7) is 18.1. The van der Waals surface area contributed by atoms with Crippen LogP contribution in [0.5, 0.6) is 5.75 Å².